The summed E-state index contributed by atoms with van der Waals surface area (Å²) in [6, 6.07) is 14.9. The van der Waals surface area contributed by atoms with Gasteiger partial charge in [0.15, 0.2) is 11.5 Å². The molecule has 2 atom stereocenters. The van der Waals surface area contributed by atoms with E-state index in [0.717, 1.165) is 6.54 Å². The Bertz CT molecular complexity index is 862. The Kier molecular flexibility index (Phi) is 4.08. The van der Waals surface area contributed by atoms with Crippen molar-refractivity contribution in [2.75, 3.05) is 13.2 Å². The zero-order valence-corrected chi connectivity index (χ0v) is 15.2. The second kappa shape index (κ2) is 6.40. The van der Waals surface area contributed by atoms with Crippen molar-refractivity contribution in [3.05, 3.63) is 59.7 Å². The number of ether oxygens (including phenoxy) is 3. The van der Waals surface area contributed by atoms with E-state index in [4.69, 9.17) is 4.74 Å². The molecular weight excluding hydrogens is 368 g/mol. The van der Waals surface area contributed by atoms with Gasteiger partial charge in [0.05, 0.1) is 18.8 Å². The van der Waals surface area contributed by atoms with Crippen LogP contribution in [0.25, 0.3) is 0 Å². The lowest BCUT2D eigenvalue weighted by molar-refractivity contribution is -0.286. The van der Waals surface area contributed by atoms with E-state index in [2.05, 4.69) is 26.5 Å². The van der Waals surface area contributed by atoms with Crippen LogP contribution in [0.2, 0.25) is 0 Å². The molecule has 2 unspecified atom stereocenters. The third-order valence-electron chi connectivity index (χ3n) is 5.85. The van der Waals surface area contributed by atoms with Gasteiger partial charge < -0.3 is 19.3 Å². The first-order valence-corrected chi connectivity index (χ1v) is 9.42. The fraction of sp³-hybridized carbons (Fsp3) is 0.429. The number of alkyl halides is 2. The van der Waals surface area contributed by atoms with Crippen LogP contribution in [-0.4, -0.2) is 41.6 Å². The maximum absolute atomic E-state index is 13.3. The molecule has 148 valence electrons. The number of morpholine rings is 1. The molecule has 0 aliphatic carbocycles. The van der Waals surface area contributed by atoms with Gasteiger partial charge in [-0.05, 0) is 36.1 Å². The summed E-state index contributed by atoms with van der Waals surface area (Å²) < 4.78 is 41.4. The molecule has 0 spiro atoms. The van der Waals surface area contributed by atoms with E-state index >= 15 is 0 Å². The van der Waals surface area contributed by atoms with E-state index < -0.39 is 11.9 Å². The summed E-state index contributed by atoms with van der Waals surface area (Å²) >= 11 is 0. The van der Waals surface area contributed by atoms with Crippen molar-refractivity contribution >= 4 is 0 Å². The van der Waals surface area contributed by atoms with Crippen molar-refractivity contribution < 1.29 is 28.1 Å². The lowest BCUT2D eigenvalue weighted by Gasteiger charge is -2.52. The largest absolute Gasteiger partial charge is 0.586 e. The fourth-order valence-corrected chi connectivity index (χ4v) is 4.57. The van der Waals surface area contributed by atoms with Gasteiger partial charge in [-0.2, -0.15) is 0 Å². The number of halogens is 2. The van der Waals surface area contributed by atoms with Crippen molar-refractivity contribution in [1.29, 1.82) is 0 Å². The molecule has 3 aliphatic heterocycles. The molecule has 2 aromatic rings. The quantitative estimate of drug-likeness (QED) is 0.873. The molecule has 2 fully saturated rings. The molecule has 2 aromatic carbocycles. The molecule has 3 heterocycles. The fourth-order valence-electron chi connectivity index (χ4n) is 4.57. The average molecular weight is 389 g/mol. The summed E-state index contributed by atoms with van der Waals surface area (Å²) in [5.74, 6) is -0.0496. The van der Waals surface area contributed by atoms with E-state index in [1.165, 1.54) is 17.7 Å². The number of nitrogens with zero attached hydrogens (tertiary/aromatic N) is 1. The van der Waals surface area contributed by atoms with E-state index in [-0.39, 0.29) is 23.6 Å². The third-order valence-corrected chi connectivity index (χ3v) is 5.85. The van der Waals surface area contributed by atoms with Gasteiger partial charge in [-0.15, -0.1) is 8.78 Å². The minimum absolute atomic E-state index is 0.0117. The highest BCUT2D eigenvalue weighted by Crippen LogP contribution is 2.46. The normalized spacial score (nSPS) is 31.0. The summed E-state index contributed by atoms with van der Waals surface area (Å²) in [5, 5.41) is 11.4. The number of fused-ring (bicyclic) bond motifs is 3. The first-order chi connectivity index (χ1) is 13.4. The smallest absolute Gasteiger partial charge is 0.395 e. The van der Waals surface area contributed by atoms with Gasteiger partial charge in [0.1, 0.15) is 0 Å². The standard InChI is InChI=1S/C21H21F2NO4/c22-21(23)27-18-7-6-15(8-19(18)28-21)20(25)9-16-12-26-13-17(10-20)24(16)11-14-4-2-1-3-5-14/h1-8,16-17,25H,9-13H2. The Labute approximate surface area is 161 Å². The topological polar surface area (TPSA) is 51.2 Å². The monoisotopic (exact) mass is 389 g/mol. The van der Waals surface area contributed by atoms with Crippen molar-refractivity contribution in [2.45, 2.75) is 43.4 Å². The highest BCUT2D eigenvalue weighted by molar-refractivity contribution is 5.47. The number of hydrogen-bond acceptors (Lipinski definition) is 5. The molecular formula is C21H21F2NO4. The van der Waals surface area contributed by atoms with Crippen LogP contribution >= 0.6 is 0 Å². The molecule has 2 saturated heterocycles. The zero-order valence-electron chi connectivity index (χ0n) is 15.2. The Balaban J connectivity index is 1.40. The molecule has 0 saturated carbocycles. The predicted molar refractivity (Wildman–Crippen MR) is 96.2 cm³/mol. The Morgan fingerprint density at radius 2 is 1.64 bits per heavy atom. The van der Waals surface area contributed by atoms with Crippen LogP contribution in [0.1, 0.15) is 24.0 Å². The zero-order chi connectivity index (χ0) is 19.4. The molecule has 7 heteroatoms. The number of hydrogen-bond donors (Lipinski definition) is 1. The van der Waals surface area contributed by atoms with Gasteiger partial charge in [0, 0.05) is 18.6 Å². The van der Waals surface area contributed by atoms with Crippen molar-refractivity contribution in [1.82, 2.24) is 4.90 Å². The van der Waals surface area contributed by atoms with Crippen LogP contribution in [0, 0.1) is 0 Å². The van der Waals surface area contributed by atoms with E-state index in [9.17, 15) is 13.9 Å². The number of benzene rings is 2. The second-order valence-electron chi connectivity index (χ2n) is 7.77. The van der Waals surface area contributed by atoms with Crippen molar-refractivity contribution in [3.63, 3.8) is 0 Å². The summed E-state index contributed by atoms with van der Waals surface area (Å²) in [6.07, 6.45) is -2.73. The molecule has 2 bridgehead atoms. The lowest BCUT2D eigenvalue weighted by atomic mass is 9.76. The van der Waals surface area contributed by atoms with Gasteiger partial charge in [-0.3, -0.25) is 4.90 Å². The number of piperidine rings is 1. The minimum atomic E-state index is -3.66. The molecule has 5 nitrogen and oxygen atoms in total. The molecule has 0 aromatic heterocycles. The Morgan fingerprint density at radius 3 is 2.36 bits per heavy atom. The van der Waals surface area contributed by atoms with Crippen LogP contribution < -0.4 is 9.47 Å². The van der Waals surface area contributed by atoms with E-state index in [1.807, 2.05) is 18.2 Å². The van der Waals surface area contributed by atoms with Crippen LogP contribution in [0.5, 0.6) is 11.5 Å². The summed E-state index contributed by atoms with van der Waals surface area (Å²) in [4.78, 5) is 2.38. The van der Waals surface area contributed by atoms with Gasteiger partial charge in [-0.25, -0.2) is 0 Å². The van der Waals surface area contributed by atoms with Crippen LogP contribution in [-0.2, 0) is 16.9 Å². The first kappa shape index (κ1) is 17.8. The number of rotatable bonds is 3. The maximum Gasteiger partial charge on any atom is 0.586 e. The summed E-state index contributed by atoms with van der Waals surface area (Å²) in [6.45, 7) is 1.87. The minimum Gasteiger partial charge on any atom is -0.395 e. The molecule has 28 heavy (non-hydrogen) atoms. The van der Waals surface area contributed by atoms with Crippen LogP contribution in [0.4, 0.5) is 8.78 Å². The predicted octanol–water partition coefficient (Wildman–Crippen LogP) is 3.26. The highest BCUT2D eigenvalue weighted by atomic mass is 19.3. The van der Waals surface area contributed by atoms with Crippen LogP contribution in [0.15, 0.2) is 48.5 Å². The van der Waals surface area contributed by atoms with Gasteiger partial charge in [0.2, 0.25) is 0 Å². The van der Waals surface area contributed by atoms with E-state index in [0.29, 0.717) is 31.6 Å². The molecule has 5 rings (SSSR count). The van der Waals surface area contributed by atoms with Gasteiger partial charge in [-0.1, -0.05) is 36.4 Å². The average Bonchev–Trinajstić information content (AvgIpc) is 2.96. The van der Waals surface area contributed by atoms with Gasteiger partial charge >= 0.3 is 6.29 Å². The molecule has 3 aliphatic rings. The highest BCUT2D eigenvalue weighted by Gasteiger charge is 2.48. The van der Waals surface area contributed by atoms with Crippen molar-refractivity contribution in [3.8, 4) is 11.5 Å². The summed E-state index contributed by atoms with van der Waals surface area (Å²) in [7, 11) is 0. The van der Waals surface area contributed by atoms with Gasteiger partial charge in [0.25, 0.3) is 0 Å². The first-order valence-electron chi connectivity index (χ1n) is 9.42. The summed E-state index contributed by atoms with van der Waals surface area (Å²) in [5.41, 5.74) is 0.668. The van der Waals surface area contributed by atoms with E-state index in [1.54, 1.807) is 6.07 Å². The van der Waals surface area contributed by atoms with Crippen LogP contribution in [0.3, 0.4) is 0 Å². The number of aliphatic hydroxyl groups is 1. The Morgan fingerprint density at radius 1 is 0.964 bits per heavy atom. The Hall–Kier alpha value is -2.22. The second-order valence-corrected chi connectivity index (χ2v) is 7.77. The third kappa shape index (κ3) is 3.13. The maximum atomic E-state index is 13.3. The molecule has 0 amide bonds. The van der Waals surface area contributed by atoms with Crippen molar-refractivity contribution in [2.24, 2.45) is 0 Å². The molecule has 1 N–H and O–H groups in total. The lowest BCUT2D eigenvalue weighted by Crippen LogP contribution is -2.60. The SMILES string of the molecule is OC1(c2ccc3c(c2)OC(F)(F)O3)CC2COCC(C1)N2Cc1ccccc1. The molecule has 0 radical (unpaired) electrons.